The Morgan fingerprint density at radius 3 is 2.86 bits per heavy atom. The van der Waals surface area contributed by atoms with Gasteiger partial charge in [-0.05, 0) is 13.8 Å². The van der Waals surface area contributed by atoms with Crippen molar-refractivity contribution in [3.8, 4) is 0 Å². The Kier molecular flexibility index (Phi) is 3.24. The van der Waals surface area contributed by atoms with E-state index in [1.54, 1.807) is 13.3 Å². The molecule has 0 bridgehead atoms. The summed E-state index contributed by atoms with van der Waals surface area (Å²) in [6, 6.07) is 0. The second-order valence-electron chi connectivity index (χ2n) is 3.64. The Morgan fingerprint density at radius 1 is 1.57 bits per heavy atom. The van der Waals surface area contributed by atoms with E-state index in [4.69, 9.17) is 10.5 Å². The first kappa shape index (κ1) is 10.7. The van der Waals surface area contributed by atoms with Gasteiger partial charge in [0.25, 0.3) is 0 Å². The van der Waals surface area contributed by atoms with Crippen molar-refractivity contribution >= 4 is 11.5 Å². The van der Waals surface area contributed by atoms with E-state index in [0.29, 0.717) is 18.1 Å². The lowest BCUT2D eigenvalue weighted by atomic mass is 10.1. The van der Waals surface area contributed by atoms with Crippen LogP contribution in [0.2, 0.25) is 0 Å². The quantitative estimate of drug-likeness (QED) is 0.748. The van der Waals surface area contributed by atoms with Gasteiger partial charge < -0.3 is 15.8 Å². The van der Waals surface area contributed by atoms with E-state index in [2.05, 4.69) is 15.3 Å². The maximum Gasteiger partial charge on any atom is 0.152 e. The van der Waals surface area contributed by atoms with Crippen molar-refractivity contribution in [3.05, 3.63) is 12.5 Å². The van der Waals surface area contributed by atoms with Crippen molar-refractivity contribution in [2.75, 3.05) is 24.7 Å². The molecule has 0 aliphatic rings. The monoisotopic (exact) mass is 196 g/mol. The van der Waals surface area contributed by atoms with Crippen LogP contribution < -0.4 is 11.1 Å². The normalized spacial score (nSPS) is 11.4. The van der Waals surface area contributed by atoms with Crippen LogP contribution in [0.25, 0.3) is 0 Å². The Bertz CT molecular complexity index is 301. The van der Waals surface area contributed by atoms with E-state index in [1.165, 1.54) is 6.33 Å². The third-order valence-electron chi connectivity index (χ3n) is 1.97. The van der Waals surface area contributed by atoms with Crippen LogP contribution in [0.4, 0.5) is 11.5 Å². The molecule has 0 spiro atoms. The number of nitrogens with zero attached hydrogens (tertiary/aromatic N) is 2. The summed E-state index contributed by atoms with van der Waals surface area (Å²) in [5, 5.41) is 3.10. The Balaban J connectivity index is 2.58. The van der Waals surface area contributed by atoms with Crippen molar-refractivity contribution in [3.63, 3.8) is 0 Å². The lowest BCUT2D eigenvalue weighted by Gasteiger charge is -2.23. The molecule has 5 heteroatoms. The van der Waals surface area contributed by atoms with Crippen molar-refractivity contribution in [1.82, 2.24) is 9.97 Å². The number of hydrogen-bond acceptors (Lipinski definition) is 5. The molecule has 0 radical (unpaired) electrons. The van der Waals surface area contributed by atoms with Gasteiger partial charge in [0.2, 0.25) is 0 Å². The zero-order valence-corrected chi connectivity index (χ0v) is 8.74. The van der Waals surface area contributed by atoms with Crippen LogP contribution in [0.5, 0.6) is 0 Å². The largest absolute Gasteiger partial charge is 0.394 e. The van der Waals surface area contributed by atoms with Gasteiger partial charge in [0, 0.05) is 13.7 Å². The van der Waals surface area contributed by atoms with Gasteiger partial charge in [0.05, 0.1) is 17.5 Å². The third kappa shape index (κ3) is 2.85. The maximum atomic E-state index is 5.66. The second kappa shape index (κ2) is 4.23. The van der Waals surface area contributed by atoms with E-state index in [1.807, 2.05) is 13.8 Å². The number of nitrogens with one attached hydrogen (secondary N) is 1. The molecule has 0 fully saturated rings. The highest BCUT2D eigenvalue weighted by molar-refractivity contribution is 5.58. The number of ether oxygens (including phenoxy) is 1. The number of aromatic nitrogens is 2. The molecule has 0 saturated carbocycles. The first-order valence-electron chi connectivity index (χ1n) is 4.40. The summed E-state index contributed by atoms with van der Waals surface area (Å²) in [4.78, 5) is 7.82. The average Bonchev–Trinajstić information content (AvgIpc) is 2.17. The predicted molar refractivity (Wildman–Crippen MR) is 56.0 cm³/mol. The number of nitrogen functional groups attached to an aromatic ring is 1. The Hall–Kier alpha value is -1.36. The summed E-state index contributed by atoms with van der Waals surface area (Å²) in [7, 11) is 1.67. The van der Waals surface area contributed by atoms with Crippen LogP contribution >= 0.6 is 0 Å². The fourth-order valence-corrected chi connectivity index (χ4v) is 0.857. The second-order valence-corrected chi connectivity index (χ2v) is 3.64. The molecule has 3 N–H and O–H groups in total. The number of anilines is 2. The van der Waals surface area contributed by atoms with Crippen LogP contribution in [0.1, 0.15) is 13.8 Å². The van der Waals surface area contributed by atoms with Crippen molar-refractivity contribution in [1.29, 1.82) is 0 Å². The molecule has 0 aromatic carbocycles. The first-order chi connectivity index (χ1) is 6.55. The van der Waals surface area contributed by atoms with Crippen molar-refractivity contribution in [2.45, 2.75) is 19.4 Å². The molecular formula is C9H16N4O. The molecule has 0 amide bonds. The summed E-state index contributed by atoms with van der Waals surface area (Å²) in [6.45, 7) is 4.61. The van der Waals surface area contributed by atoms with Crippen molar-refractivity contribution < 1.29 is 4.74 Å². The van der Waals surface area contributed by atoms with Crippen LogP contribution in [0.15, 0.2) is 12.5 Å². The van der Waals surface area contributed by atoms with Gasteiger partial charge in [0.1, 0.15) is 6.33 Å². The van der Waals surface area contributed by atoms with Crippen LogP contribution in [-0.2, 0) is 4.74 Å². The number of hydrogen-bond donors (Lipinski definition) is 2. The highest BCUT2D eigenvalue weighted by Crippen LogP contribution is 2.14. The average molecular weight is 196 g/mol. The lowest BCUT2D eigenvalue weighted by Crippen LogP contribution is -2.32. The summed E-state index contributed by atoms with van der Waals surface area (Å²) in [5.74, 6) is 0.644. The molecule has 0 aliphatic heterocycles. The van der Waals surface area contributed by atoms with Gasteiger partial charge in [-0.15, -0.1) is 0 Å². The van der Waals surface area contributed by atoms with Crippen LogP contribution in [0, 0.1) is 0 Å². The molecule has 1 aromatic heterocycles. The summed E-state index contributed by atoms with van der Waals surface area (Å²) >= 11 is 0. The molecule has 78 valence electrons. The standard InChI is InChI=1S/C9H16N4O/c1-9(2,14-3)5-12-8-7(10)4-11-6-13-8/h4,6H,5,10H2,1-3H3,(H,11,12,13). The zero-order chi connectivity index (χ0) is 10.6. The van der Waals surface area contributed by atoms with Crippen LogP contribution in [0.3, 0.4) is 0 Å². The number of rotatable bonds is 4. The summed E-state index contributed by atoms with van der Waals surface area (Å²) in [6.07, 6.45) is 3.02. The van der Waals surface area contributed by atoms with E-state index < -0.39 is 0 Å². The minimum Gasteiger partial charge on any atom is -0.394 e. The first-order valence-corrected chi connectivity index (χ1v) is 4.40. The van der Waals surface area contributed by atoms with Crippen LogP contribution in [-0.4, -0.2) is 29.2 Å². The smallest absolute Gasteiger partial charge is 0.152 e. The van der Waals surface area contributed by atoms with Crippen molar-refractivity contribution in [2.24, 2.45) is 0 Å². The molecule has 5 nitrogen and oxygen atoms in total. The van der Waals surface area contributed by atoms with E-state index in [9.17, 15) is 0 Å². The van der Waals surface area contributed by atoms with Gasteiger partial charge >= 0.3 is 0 Å². The Labute approximate surface area is 83.7 Å². The molecule has 0 aliphatic carbocycles. The molecule has 0 atom stereocenters. The summed E-state index contributed by atoms with van der Waals surface area (Å²) in [5.41, 5.74) is 5.97. The fraction of sp³-hybridized carbons (Fsp3) is 0.556. The summed E-state index contributed by atoms with van der Waals surface area (Å²) < 4.78 is 5.25. The maximum absolute atomic E-state index is 5.66. The van der Waals surface area contributed by atoms with E-state index in [0.717, 1.165) is 0 Å². The third-order valence-corrected chi connectivity index (χ3v) is 1.97. The molecule has 1 rings (SSSR count). The zero-order valence-electron chi connectivity index (χ0n) is 8.74. The minimum atomic E-state index is -0.239. The number of nitrogens with two attached hydrogens (primary N) is 1. The lowest BCUT2D eigenvalue weighted by molar-refractivity contribution is 0.0343. The van der Waals surface area contributed by atoms with Gasteiger partial charge in [0.15, 0.2) is 5.82 Å². The Morgan fingerprint density at radius 2 is 2.29 bits per heavy atom. The molecule has 0 saturated heterocycles. The highest BCUT2D eigenvalue weighted by Gasteiger charge is 2.16. The van der Waals surface area contributed by atoms with Gasteiger partial charge in [-0.3, -0.25) is 0 Å². The van der Waals surface area contributed by atoms with Gasteiger partial charge in [-0.1, -0.05) is 0 Å². The van der Waals surface area contributed by atoms with Gasteiger partial charge in [-0.2, -0.15) is 0 Å². The van der Waals surface area contributed by atoms with E-state index in [-0.39, 0.29) is 5.60 Å². The SMILES string of the molecule is COC(C)(C)CNc1ncncc1N. The molecule has 0 unspecified atom stereocenters. The molecule has 14 heavy (non-hydrogen) atoms. The number of methoxy groups -OCH3 is 1. The molecule has 1 aromatic rings. The highest BCUT2D eigenvalue weighted by atomic mass is 16.5. The topological polar surface area (TPSA) is 73.1 Å². The van der Waals surface area contributed by atoms with Gasteiger partial charge in [-0.25, -0.2) is 9.97 Å². The molecule has 1 heterocycles. The fourth-order valence-electron chi connectivity index (χ4n) is 0.857. The molecular weight excluding hydrogens is 180 g/mol. The van der Waals surface area contributed by atoms with E-state index >= 15 is 0 Å². The predicted octanol–water partition coefficient (Wildman–Crippen LogP) is 0.896. The minimum absolute atomic E-state index is 0.239.